The molecule has 31 heavy (non-hydrogen) atoms. The van der Waals surface area contributed by atoms with Gasteiger partial charge in [0.05, 0.1) is 4.90 Å². The van der Waals surface area contributed by atoms with Gasteiger partial charge in [0, 0.05) is 18.3 Å². The summed E-state index contributed by atoms with van der Waals surface area (Å²) in [6.07, 6.45) is 0. The Labute approximate surface area is 179 Å². The van der Waals surface area contributed by atoms with Gasteiger partial charge < -0.3 is 19.5 Å². The van der Waals surface area contributed by atoms with E-state index < -0.39 is 10.0 Å². The average Bonchev–Trinajstić information content (AvgIpc) is 3.25. The lowest BCUT2D eigenvalue weighted by molar-refractivity contribution is -0.118. The van der Waals surface area contributed by atoms with E-state index in [1.165, 1.54) is 24.3 Å². The molecular weight excluding hydrogens is 420 g/mol. The van der Waals surface area contributed by atoms with Crippen LogP contribution in [0.2, 0.25) is 0 Å². The maximum absolute atomic E-state index is 12.4. The van der Waals surface area contributed by atoms with Crippen LogP contribution in [-0.4, -0.2) is 27.7 Å². The molecule has 1 heterocycles. The van der Waals surface area contributed by atoms with Gasteiger partial charge in [-0.25, -0.2) is 13.1 Å². The molecule has 0 aliphatic carbocycles. The summed E-state index contributed by atoms with van der Waals surface area (Å²) in [5.41, 5.74) is 1.42. The summed E-state index contributed by atoms with van der Waals surface area (Å²) in [6, 6.07) is 20.2. The van der Waals surface area contributed by atoms with Crippen molar-refractivity contribution in [2.24, 2.45) is 0 Å². The van der Waals surface area contributed by atoms with Gasteiger partial charge in [-0.3, -0.25) is 4.79 Å². The van der Waals surface area contributed by atoms with Gasteiger partial charge in [0.25, 0.3) is 5.91 Å². The summed E-state index contributed by atoms with van der Waals surface area (Å²) >= 11 is 0. The third-order valence-electron chi connectivity index (χ3n) is 4.47. The predicted molar refractivity (Wildman–Crippen MR) is 114 cm³/mol. The van der Waals surface area contributed by atoms with Gasteiger partial charge >= 0.3 is 0 Å². The fourth-order valence-electron chi connectivity index (χ4n) is 2.89. The Morgan fingerprint density at radius 3 is 2.45 bits per heavy atom. The number of carbonyl (C=O) groups is 1. The monoisotopic (exact) mass is 440 g/mol. The van der Waals surface area contributed by atoms with Gasteiger partial charge in [0.2, 0.25) is 16.8 Å². The molecule has 1 amide bonds. The highest BCUT2D eigenvalue weighted by Gasteiger charge is 2.15. The van der Waals surface area contributed by atoms with E-state index in [9.17, 15) is 13.2 Å². The molecule has 1 aliphatic heterocycles. The first kappa shape index (κ1) is 20.7. The van der Waals surface area contributed by atoms with Crippen molar-refractivity contribution in [1.29, 1.82) is 0 Å². The Morgan fingerprint density at radius 2 is 1.68 bits per heavy atom. The fourth-order valence-corrected chi connectivity index (χ4v) is 3.91. The van der Waals surface area contributed by atoms with Crippen molar-refractivity contribution in [2.75, 3.05) is 18.7 Å². The zero-order valence-corrected chi connectivity index (χ0v) is 17.2. The third kappa shape index (κ3) is 5.33. The van der Waals surface area contributed by atoms with Gasteiger partial charge in [-0.1, -0.05) is 30.3 Å². The van der Waals surface area contributed by atoms with Crippen LogP contribution < -0.4 is 24.2 Å². The van der Waals surface area contributed by atoms with Crippen molar-refractivity contribution in [3.63, 3.8) is 0 Å². The average molecular weight is 440 g/mol. The quantitative estimate of drug-likeness (QED) is 0.558. The Morgan fingerprint density at radius 1 is 0.935 bits per heavy atom. The zero-order chi connectivity index (χ0) is 21.7. The van der Waals surface area contributed by atoms with Crippen LogP contribution in [0.25, 0.3) is 0 Å². The second kappa shape index (κ2) is 9.07. The van der Waals surface area contributed by atoms with Crippen molar-refractivity contribution in [2.45, 2.75) is 11.4 Å². The molecule has 3 aromatic rings. The van der Waals surface area contributed by atoms with Gasteiger partial charge in [-0.2, -0.15) is 0 Å². The Hall–Kier alpha value is -3.56. The smallest absolute Gasteiger partial charge is 0.262 e. The van der Waals surface area contributed by atoms with Crippen molar-refractivity contribution in [3.05, 3.63) is 78.4 Å². The molecule has 0 atom stereocenters. The fraction of sp³-hybridized carbons (Fsp3) is 0.136. The predicted octanol–water partition coefficient (Wildman–Crippen LogP) is 2.91. The standard InChI is InChI=1S/C22H20N2O6S/c25-22(24-17-6-11-20-21(12-17)30-15-29-20)14-28-18-7-9-19(10-8-18)31(26,27)23-13-16-4-2-1-3-5-16/h1-12,23H,13-15H2,(H,24,25). The Balaban J connectivity index is 1.29. The number of rotatable bonds is 8. The number of hydrogen-bond donors (Lipinski definition) is 2. The Bertz CT molecular complexity index is 1160. The SMILES string of the molecule is O=C(COc1ccc(S(=O)(=O)NCc2ccccc2)cc1)Nc1ccc2c(c1)OCO2. The number of carbonyl (C=O) groups excluding carboxylic acids is 1. The number of benzene rings is 3. The molecule has 160 valence electrons. The summed E-state index contributed by atoms with van der Waals surface area (Å²) in [7, 11) is -3.66. The summed E-state index contributed by atoms with van der Waals surface area (Å²) in [6.45, 7) is 0.123. The van der Waals surface area contributed by atoms with Crippen LogP contribution in [0, 0.1) is 0 Å². The number of nitrogens with one attached hydrogen (secondary N) is 2. The maximum atomic E-state index is 12.4. The zero-order valence-electron chi connectivity index (χ0n) is 16.4. The van der Waals surface area contributed by atoms with Gasteiger partial charge in [-0.15, -0.1) is 0 Å². The van der Waals surface area contributed by atoms with Crippen LogP contribution in [0.4, 0.5) is 5.69 Å². The molecule has 0 radical (unpaired) electrons. The molecule has 0 unspecified atom stereocenters. The Kier molecular flexibility index (Phi) is 6.06. The van der Waals surface area contributed by atoms with Gasteiger partial charge in [-0.05, 0) is 42.0 Å². The third-order valence-corrected chi connectivity index (χ3v) is 5.89. The highest BCUT2D eigenvalue weighted by atomic mass is 32.2. The van der Waals surface area contributed by atoms with Crippen LogP contribution in [-0.2, 0) is 21.4 Å². The molecule has 0 spiro atoms. The second-order valence-corrected chi connectivity index (χ2v) is 8.45. The van der Waals surface area contributed by atoms with Crippen LogP contribution in [0.1, 0.15) is 5.56 Å². The first-order valence-electron chi connectivity index (χ1n) is 9.45. The first-order valence-corrected chi connectivity index (χ1v) is 10.9. The molecule has 0 fully saturated rings. The molecular formula is C22H20N2O6S. The van der Waals surface area contributed by atoms with E-state index in [4.69, 9.17) is 14.2 Å². The normalized spacial score (nSPS) is 12.4. The molecule has 0 bridgehead atoms. The van der Waals surface area contributed by atoms with Gasteiger partial charge in [0.1, 0.15) is 5.75 Å². The number of ether oxygens (including phenoxy) is 3. The molecule has 0 aromatic heterocycles. The van der Waals surface area contributed by atoms with Crippen molar-refractivity contribution in [3.8, 4) is 17.2 Å². The van der Waals surface area contributed by atoms with E-state index in [1.807, 2.05) is 30.3 Å². The molecule has 8 nitrogen and oxygen atoms in total. The molecule has 1 aliphatic rings. The van der Waals surface area contributed by atoms with E-state index in [1.54, 1.807) is 18.2 Å². The summed E-state index contributed by atoms with van der Waals surface area (Å²) in [5.74, 6) is 1.21. The van der Waals surface area contributed by atoms with E-state index in [0.717, 1.165) is 5.56 Å². The minimum atomic E-state index is -3.66. The van der Waals surface area contributed by atoms with Crippen molar-refractivity contribution in [1.82, 2.24) is 4.72 Å². The number of amides is 1. The summed E-state index contributed by atoms with van der Waals surface area (Å²) < 4.78 is 43.4. The molecule has 0 saturated carbocycles. The van der Waals surface area contributed by atoms with Crippen LogP contribution in [0.3, 0.4) is 0 Å². The highest BCUT2D eigenvalue weighted by Crippen LogP contribution is 2.34. The minimum Gasteiger partial charge on any atom is -0.484 e. The summed E-state index contributed by atoms with van der Waals surface area (Å²) in [4.78, 5) is 12.2. The van der Waals surface area contributed by atoms with Crippen LogP contribution in [0.5, 0.6) is 17.2 Å². The molecule has 2 N–H and O–H groups in total. The van der Waals surface area contributed by atoms with Gasteiger partial charge in [0.15, 0.2) is 18.1 Å². The molecule has 4 rings (SSSR count). The van der Waals surface area contributed by atoms with E-state index in [-0.39, 0.29) is 30.7 Å². The molecule has 0 saturated heterocycles. The van der Waals surface area contributed by atoms with Crippen molar-refractivity contribution >= 4 is 21.6 Å². The minimum absolute atomic E-state index is 0.112. The largest absolute Gasteiger partial charge is 0.484 e. The van der Waals surface area contributed by atoms with Crippen LogP contribution >= 0.6 is 0 Å². The lowest BCUT2D eigenvalue weighted by atomic mass is 10.2. The first-order chi connectivity index (χ1) is 15.0. The van der Waals surface area contributed by atoms with Crippen molar-refractivity contribution < 1.29 is 27.4 Å². The molecule has 3 aromatic carbocycles. The lowest BCUT2D eigenvalue weighted by Crippen LogP contribution is -2.23. The second-order valence-electron chi connectivity index (χ2n) is 6.69. The lowest BCUT2D eigenvalue weighted by Gasteiger charge is -2.10. The number of sulfonamides is 1. The summed E-state index contributed by atoms with van der Waals surface area (Å²) in [5, 5.41) is 2.70. The highest BCUT2D eigenvalue weighted by molar-refractivity contribution is 7.89. The van der Waals surface area contributed by atoms with E-state index >= 15 is 0 Å². The van der Waals surface area contributed by atoms with Crippen LogP contribution in [0.15, 0.2) is 77.7 Å². The van der Waals surface area contributed by atoms with E-state index in [2.05, 4.69) is 10.0 Å². The maximum Gasteiger partial charge on any atom is 0.262 e. The van der Waals surface area contributed by atoms with E-state index in [0.29, 0.717) is 22.9 Å². The number of anilines is 1. The number of hydrogen-bond acceptors (Lipinski definition) is 6. The molecule has 9 heteroatoms. The topological polar surface area (TPSA) is 103 Å². The number of fused-ring (bicyclic) bond motifs is 1.